The van der Waals surface area contributed by atoms with Gasteiger partial charge in [0.15, 0.2) is 5.82 Å². The molecule has 0 aromatic carbocycles. The van der Waals surface area contributed by atoms with E-state index in [9.17, 15) is 4.79 Å². The number of nitrogens with zero attached hydrogens (tertiary/aromatic N) is 1. The lowest BCUT2D eigenvalue weighted by atomic mass is 10.2. The monoisotopic (exact) mass is 239 g/mol. The third kappa shape index (κ3) is 2.06. The highest BCUT2D eigenvalue weighted by Crippen LogP contribution is 2.27. The Kier molecular flexibility index (Phi) is 3.19. The van der Waals surface area contributed by atoms with Crippen molar-refractivity contribution in [1.82, 2.24) is 4.98 Å². The van der Waals surface area contributed by atoms with Gasteiger partial charge in [-0.2, -0.15) is 16.7 Å². The second-order valence-corrected chi connectivity index (χ2v) is 4.30. The predicted molar refractivity (Wildman–Crippen MR) is 65.2 cm³/mol. The molecule has 1 atom stereocenters. The van der Waals surface area contributed by atoms with Gasteiger partial charge in [-0.1, -0.05) is 0 Å². The summed E-state index contributed by atoms with van der Waals surface area (Å²) < 4.78 is 5.03. The number of pyridine rings is 1. The summed E-state index contributed by atoms with van der Waals surface area (Å²) in [6.07, 6.45) is 1.96. The Morgan fingerprint density at radius 3 is 3.06 bits per heavy atom. The van der Waals surface area contributed by atoms with E-state index in [0.29, 0.717) is 23.1 Å². The maximum atomic E-state index is 11.7. The smallest absolute Gasteiger partial charge is 0.247 e. The molecule has 0 spiro atoms. The van der Waals surface area contributed by atoms with Crippen LogP contribution in [0.5, 0.6) is 5.88 Å². The minimum absolute atomic E-state index is 0.0196. The molecule has 5 nitrogen and oxygen atoms in total. The van der Waals surface area contributed by atoms with Crippen molar-refractivity contribution in [2.45, 2.75) is 6.04 Å². The molecule has 1 aromatic rings. The Bertz CT molecular complexity index is 411. The predicted octanol–water partition coefficient (Wildman–Crippen LogP) is 1.19. The van der Waals surface area contributed by atoms with Crippen LogP contribution in [0.1, 0.15) is 0 Å². The zero-order chi connectivity index (χ0) is 11.5. The van der Waals surface area contributed by atoms with E-state index in [4.69, 9.17) is 4.74 Å². The second kappa shape index (κ2) is 4.61. The van der Waals surface area contributed by atoms with Crippen LogP contribution in [0.4, 0.5) is 11.5 Å². The van der Waals surface area contributed by atoms with Crippen LogP contribution in [0.15, 0.2) is 12.1 Å². The SMILES string of the molecule is COc1ccc2c(n1)NC(CSC)C(=O)N2. The number of anilines is 2. The van der Waals surface area contributed by atoms with Crippen molar-refractivity contribution in [3.05, 3.63) is 12.1 Å². The molecule has 2 N–H and O–H groups in total. The summed E-state index contributed by atoms with van der Waals surface area (Å²) in [5.41, 5.74) is 0.697. The largest absolute Gasteiger partial charge is 0.481 e. The van der Waals surface area contributed by atoms with E-state index in [1.807, 2.05) is 6.26 Å². The Labute approximate surface area is 98.0 Å². The van der Waals surface area contributed by atoms with Crippen molar-refractivity contribution >= 4 is 29.2 Å². The van der Waals surface area contributed by atoms with Crippen molar-refractivity contribution in [2.75, 3.05) is 29.8 Å². The van der Waals surface area contributed by atoms with Gasteiger partial charge in [0.25, 0.3) is 0 Å². The highest BCUT2D eigenvalue weighted by molar-refractivity contribution is 7.98. The summed E-state index contributed by atoms with van der Waals surface area (Å²) in [5.74, 6) is 1.89. The van der Waals surface area contributed by atoms with Gasteiger partial charge in [0.2, 0.25) is 11.8 Å². The molecule has 1 aromatic heterocycles. The summed E-state index contributed by atoms with van der Waals surface area (Å²) in [5, 5.41) is 5.91. The average Bonchev–Trinajstić information content (AvgIpc) is 2.30. The molecule has 1 aliphatic rings. The van der Waals surface area contributed by atoms with E-state index in [-0.39, 0.29) is 11.9 Å². The van der Waals surface area contributed by atoms with Gasteiger partial charge in [-0.05, 0) is 12.3 Å². The van der Waals surface area contributed by atoms with Crippen molar-refractivity contribution in [3.63, 3.8) is 0 Å². The van der Waals surface area contributed by atoms with Crippen LogP contribution < -0.4 is 15.4 Å². The first-order valence-corrected chi connectivity index (χ1v) is 6.25. The van der Waals surface area contributed by atoms with Crippen molar-refractivity contribution in [1.29, 1.82) is 0 Å². The fourth-order valence-corrected chi connectivity index (χ4v) is 2.07. The van der Waals surface area contributed by atoms with Gasteiger partial charge in [-0.3, -0.25) is 4.79 Å². The molecule has 0 fully saturated rings. The lowest BCUT2D eigenvalue weighted by Gasteiger charge is -2.25. The van der Waals surface area contributed by atoms with Crippen LogP contribution in [0.25, 0.3) is 0 Å². The number of fused-ring (bicyclic) bond motifs is 1. The van der Waals surface area contributed by atoms with E-state index >= 15 is 0 Å². The maximum absolute atomic E-state index is 11.7. The number of hydrogen-bond donors (Lipinski definition) is 2. The first-order chi connectivity index (χ1) is 7.74. The Hall–Kier alpha value is -1.43. The normalized spacial score (nSPS) is 18.4. The number of carbonyl (C=O) groups is 1. The second-order valence-electron chi connectivity index (χ2n) is 3.39. The van der Waals surface area contributed by atoms with Gasteiger partial charge < -0.3 is 15.4 Å². The molecule has 86 valence electrons. The molecule has 0 bridgehead atoms. The Morgan fingerprint density at radius 2 is 2.38 bits per heavy atom. The van der Waals surface area contributed by atoms with Gasteiger partial charge in [0.05, 0.1) is 12.8 Å². The zero-order valence-corrected chi connectivity index (χ0v) is 9.93. The highest BCUT2D eigenvalue weighted by atomic mass is 32.2. The fraction of sp³-hybridized carbons (Fsp3) is 0.400. The average molecular weight is 239 g/mol. The lowest BCUT2D eigenvalue weighted by molar-refractivity contribution is -0.116. The summed E-state index contributed by atoms with van der Waals surface area (Å²) in [6, 6.07) is 3.26. The van der Waals surface area contributed by atoms with Crippen LogP contribution in [-0.2, 0) is 4.79 Å². The number of amides is 1. The van der Waals surface area contributed by atoms with Crippen LogP contribution >= 0.6 is 11.8 Å². The van der Waals surface area contributed by atoms with Gasteiger partial charge in [0.1, 0.15) is 6.04 Å². The van der Waals surface area contributed by atoms with Crippen LogP contribution in [0.3, 0.4) is 0 Å². The molecule has 1 unspecified atom stereocenters. The molecule has 1 aliphatic heterocycles. The minimum atomic E-state index is -0.234. The topological polar surface area (TPSA) is 63.2 Å². The third-order valence-electron chi connectivity index (χ3n) is 2.30. The number of carbonyl (C=O) groups excluding carboxylic acids is 1. The number of aromatic nitrogens is 1. The number of nitrogens with one attached hydrogen (secondary N) is 2. The van der Waals surface area contributed by atoms with Crippen molar-refractivity contribution < 1.29 is 9.53 Å². The van der Waals surface area contributed by atoms with Gasteiger partial charge in [0, 0.05) is 11.8 Å². The molecule has 2 rings (SSSR count). The van der Waals surface area contributed by atoms with Gasteiger partial charge >= 0.3 is 0 Å². The van der Waals surface area contributed by atoms with Crippen LogP contribution in [-0.4, -0.2) is 36.1 Å². The molecule has 0 saturated heterocycles. The number of thioether (sulfide) groups is 1. The number of rotatable bonds is 3. The highest BCUT2D eigenvalue weighted by Gasteiger charge is 2.25. The molecule has 1 amide bonds. The van der Waals surface area contributed by atoms with E-state index < -0.39 is 0 Å². The fourth-order valence-electron chi connectivity index (χ4n) is 1.50. The van der Waals surface area contributed by atoms with Crippen LogP contribution in [0.2, 0.25) is 0 Å². The molecule has 0 aliphatic carbocycles. The Morgan fingerprint density at radius 1 is 1.56 bits per heavy atom. The number of ether oxygens (including phenoxy) is 1. The molecule has 0 saturated carbocycles. The lowest BCUT2D eigenvalue weighted by Crippen LogP contribution is -2.40. The molecule has 0 radical (unpaired) electrons. The number of methoxy groups -OCH3 is 1. The quantitative estimate of drug-likeness (QED) is 0.829. The van der Waals surface area contributed by atoms with E-state index in [2.05, 4.69) is 15.6 Å². The molecule has 2 heterocycles. The summed E-state index contributed by atoms with van der Waals surface area (Å²) in [4.78, 5) is 15.9. The molecule has 16 heavy (non-hydrogen) atoms. The van der Waals surface area contributed by atoms with E-state index in [0.717, 1.165) is 0 Å². The summed E-state index contributed by atoms with van der Waals surface area (Å²) in [7, 11) is 1.56. The zero-order valence-electron chi connectivity index (χ0n) is 9.11. The number of hydrogen-bond acceptors (Lipinski definition) is 5. The molecular weight excluding hydrogens is 226 g/mol. The standard InChI is InChI=1S/C10H13N3O2S/c1-15-8-4-3-6-9(13-8)11-7(5-16-2)10(14)12-6/h3-4,7H,5H2,1-2H3,(H,11,13)(H,12,14). The first-order valence-electron chi connectivity index (χ1n) is 4.86. The third-order valence-corrected chi connectivity index (χ3v) is 2.96. The van der Waals surface area contributed by atoms with E-state index in [1.54, 1.807) is 31.0 Å². The van der Waals surface area contributed by atoms with Crippen molar-refractivity contribution in [3.8, 4) is 5.88 Å². The minimum Gasteiger partial charge on any atom is -0.481 e. The summed E-state index contributed by atoms with van der Waals surface area (Å²) >= 11 is 1.61. The van der Waals surface area contributed by atoms with Gasteiger partial charge in [-0.25, -0.2) is 0 Å². The molecular formula is C10H13N3O2S. The van der Waals surface area contributed by atoms with E-state index in [1.165, 1.54) is 0 Å². The Balaban J connectivity index is 2.25. The molecule has 6 heteroatoms. The van der Waals surface area contributed by atoms with Crippen molar-refractivity contribution in [2.24, 2.45) is 0 Å². The van der Waals surface area contributed by atoms with Gasteiger partial charge in [-0.15, -0.1) is 0 Å². The maximum Gasteiger partial charge on any atom is 0.247 e. The first kappa shape index (κ1) is 11.1. The van der Waals surface area contributed by atoms with Crippen LogP contribution in [0, 0.1) is 0 Å². The summed E-state index contributed by atoms with van der Waals surface area (Å²) in [6.45, 7) is 0.